The zero-order valence-electron chi connectivity index (χ0n) is 15.8. The summed E-state index contributed by atoms with van der Waals surface area (Å²) in [6, 6.07) is 8.29. The molecule has 144 valence electrons. The number of aromatic nitrogens is 3. The highest BCUT2D eigenvalue weighted by Crippen LogP contribution is 2.23. The fourth-order valence-corrected chi connectivity index (χ4v) is 3.22. The van der Waals surface area contributed by atoms with Crippen LogP contribution in [-0.4, -0.2) is 46.4 Å². The summed E-state index contributed by atoms with van der Waals surface area (Å²) >= 11 is 6.12. The van der Waals surface area contributed by atoms with Crippen molar-refractivity contribution >= 4 is 23.2 Å². The summed E-state index contributed by atoms with van der Waals surface area (Å²) in [5.41, 5.74) is 1.15. The van der Waals surface area contributed by atoms with E-state index in [0.717, 1.165) is 47.8 Å². The van der Waals surface area contributed by atoms with Crippen molar-refractivity contribution in [2.45, 2.75) is 25.9 Å². The van der Waals surface area contributed by atoms with E-state index in [9.17, 15) is 0 Å². The molecule has 1 saturated heterocycles. The number of nitrogens with zero attached hydrogens (tertiary/aromatic N) is 5. The SMILES string of the molecule is C=CCNC(=NCc1nnc(C)n1C)NC1CCN(c2cccc(Cl)c2)C1. The smallest absolute Gasteiger partial charge is 0.192 e. The quantitative estimate of drug-likeness (QED) is 0.452. The van der Waals surface area contributed by atoms with Crippen LogP contribution in [0.4, 0.5) is 5.69 Å². The Morgan fingerprint density at radius 1 is 1.44 bits per heavy atom. The van der Waals surface area contributed by atoms with Gasteiger partial charge < -0.3 is 20.1 Å². The van der Waals surface area contributed by atoms with E-state index in [1.54, 1.807) is 0 Å². The Morgan fingerprint density at radius 3 is 3.00 bits per heavy atom. The molecule has 1 aliphatic rings. The third-order valence-electron chi connectivity index (χ3n) is 4.68. The summed E-state index contributed by atoms with van der Waals surface area (Å²) in [4.78, 5) is 7.00. The van der Waals surface area contributed by atoms with Gasteiger partial charge in [-0.3, -0.25) is 0 Å². The van der Waals surface area contributed by atoms with E-state index in [2.05, 4.69) is 43.4 Å². The second-order valence-electron chi connectivity index (χ2n) is 6.61. The zero-order chi connectivity index (χ0) is 19.2. The molecule has 1 aromatic carbocycles. The largest absolute Gasteiger partial charge is 0.369 e. The van der Waals surface area contributed by atoms with Crippen LogP contribution in [0.5, 0.6) is 0 Å². The van der Waals surface area contributed by atoms with Gasteiger partial charge in [-0.25, -0.2) is 4.99 Å². The Labute approximate surface area is 165 Å². The summed E-state index contributed by atoms with van der Waals surface area (Å²) in [5.74, 6) is 2.47. The number of hydrogen-bond donors (Lipinski definition) is 2. The highest BCUT2D eigenvalue weighted by atomic mass is 35.5. The molecule has 1 atom stereocenters. The lowest BCUT2D eigenvalue weighted by Crippen LogP contribution is -2.44. The van der Waals surface area contributed by atoms with E-state index in [1.165, 1.54) is 0 Å². The number of rotatable bonds is 6. The average Bonchev–Trinajstić information content (AvgIpc) is 3.25. The lowest BCUT2D eigenvalue weighted by Gasteiger charge is -2.20. The van der Waals surface area contributed by atoms with Crippen molar-refractivity contribution < 1.29 is 0 Å². The first kappa shape index (κ1) is 19.2. The van der Waals surface area contributed by atoms with Gasteiger partial charge in [-0.05, 0) is 31.5 Å². The maximum absolute atomic E-state index is 6.12. The summed E-state index contributed by atoms with van der Waals surface area (Å²) in [5, 5.41) is 15.8. The van der Waals surface area contributed by atoms with E-state index in [1.807, 2.05) is 42.8 Å². The number of halogens is 1. The Hall–Kier alpha value is -2.54. The van der Waals surface area contributed by atoms with Crippen molar-refractivity contribution in [2.75, 3.05) is 24.5 Å². The van der Waals surface area contributed by atoms with Gasteiger partial charge in [0.15, 0.2) is 11.8 Å². The monoisotopic (exact) mass is 387 g/mol. The molecule has 1 aromatic heterocycles. The number of aliphatic imine (C=N–C) groups is 1. The van der Waals surface area contributed by atoms with Gasteiger partial charge in [-0.15, -0.1) is 16.8 Å². The van der Waals surface area contributed by atoms with E-state index >= 15 is 0 Å². The topological polar surface area (TPSA) is 70.4 Å². The van der Waals surface area contributed by atoms with Gasteiger partial charge in [-0.2, -0.15) is 0 Å². The molecule has 27 heavy (non-hydrogen) atoms. The Bertz CT molecular complexity index is 814. The van der Waals surface area contributed by atoms with Crippen molar-refractivity contribution in [3.63, 3.8) is 0 Å². The van der Waals surface area contributed by atoms with Crippen LogP contribution in [0.3, 0.4) is 0 Å². The minimum Gasteiger partial charge on any atom is -0.369 e. The number of guanidine groups is 1. The fourth-order valence-electron chi connectivity index (χ4n) is 3.04. The zero-order valence-corrected chi connectivity index (χ0v) is 16.6. The molecule has 0 aliphatic carbocycles. The molecule has 0 amide bonds. The van der Waals surface area contributed by atoms with Crippen LogP contribution in [0, 0.1) is 6.92 Å². The van der Waals surface area contributed by atoms with Crippen LogP contribution in [0.15, 0.2) is 41.9 Å². The van der Waals surface area contributed by atoms with Gasteiger partial charge in [0.05, 0.1) is 0 Å². The molecule has 0 spiro atoms. The van der Waals surface area contributed by atoms with Crippen LogP contribution in [0.2, 0.25) is 5.02 Å². The van der Waals surface area contributed by atoms with Crippen molar-refractivity contribution in [3.05, 3.63) is 53.6 Å². The molecule has 2 heterocycles. The maximum atomic E-state index is 6.12. The third-order valence-corrected chi connectivity index (χ3v) is 4.91. The lowest BCUT2D eigenvalue weighted by atomic mass is 10.2. The molecule has 1 fully saturated rings. The number of anilines is 1. The Balaban J connectivity index is 1.63. The Morgan fingerprint density at radius 2 is 2.30 bits per heavy atom. The molecular formula is C19H26ClN7. The van der Waals surface area contributed by atoms with Crippen molar-refractivity contribution in [3.8, 4) is 0 Å². The number of hydrogen-bond acceptors (Lipinski definition) is 4. The van der Waals surface area contributed by atoms with Gasteiger partial charge in [0.1, 0.15) is 12.4 Å². The van der Waals surface area contributed by atoms with Gasteiger partial charge in [0.25, 0.3) is 0 Å². The number of aryl methyl sites for hydroxylation is 1. The highest BCUT2D eigenvalue weighted by Gasteiger charge is 2.23. The first-order chi connectivity index (χ1) is 13.1. The fraction of sp³-hybridized carbons (Fsp3) is 0.421. The van der Waals surface area contributed by atoms with Crippen LogP contribution in [0.25, 0.3) is 0 Å². The minimum absolute atomic E-state index is 0.307. The molecule has 1 unspecified atom stereocenters. The predicted octanol–water partition coefficient (Wildman–Crippen LogP) is 2.28. The van der Waals surface area contributed by atoms with Gasteiger partial charge in [0.2, 0.25) is 0 Å². The first-order valence-corrected chi connectivity index (χ1v) is 9.45. The molecule has 0 radical (unpaired) electrons. The van der Waals surface area contributed by atoms with E-state index in [-0.39, 0.29) is 0 Å². The maximum Gasteiger partial charge on any atom is 0.192 e. The van der Waals surface area contributed by atoms with E-state index < -0.39 is 0 Å². The minimum atomic E-state index is 0.307. The predicted molar refractivity (Wildman–Crippen MR) is 110 cm³/mol. The van der Waals surface area contributed by atoms with Gasteiger partial charge >= 0.3 is 0 Å². The molecule has 7 nitrogen and oxygen atoms in total. The number of benzene rings is 1. The molecule has 2 aromatic rings. The van der Waals surface area contributed by atoms with Crippen molar-refractivity contribution in [1.29, 1.82) is 0 Å². The van der Waals surface area contributed by atoms with Crippen LogP contribution < -0.4 is 15.5 Å². The summed E-state index contributed by atoms with van der Waals surface area (Å²) < 4.78 is 1.95. The third kappa shape index (κ3) is 5.01. The van der Waals surface area contributed by atoms with Gasteiger partial charge in [0, 0.05) is 43.4 Å². The molecular weight excluding hydrogens is 362 g/mol. The Kier molecular flexibility index (Phi) is 6.34. The second-order valence-corrected chi connectivity index (χ2v) is 7.05. The van der Waals surface area contributed by atoms with Crippen molar-refractivity contribution in [2.24, 2.45) is 12.0 Å². The molecule has 0 bridgehead atoms. The van der Waals surface area contributed by atoms with E-state index in [4.69, 9.17) is 11.6 Å². The summed E-state index contributed by atoms with van der Waals surface area (Å²) in [7, 11) is 1.95. The van der Waals surface area contributed by atoms with Crippen LogP contribution in [-0.2, 0) is 13.6 Å². The molecule has 0 saturated carbocycles. The lowest BCUT2D eigenvalue weighted by molar-refractivity contribution is 0.649. The normalized spacial score (nSPS) is 17.2. The second kappa shape index (κ2) is 8.90. The van der Waals surface area contributed by atoms with Gasteiger partial charge in [-0.1, -0.05) is 23.7 Å². The van der Waals surface area contributed by atoms with Crippen LogP contribution >= 0.6 is 11.6 Å². The molecule has 3 rings (SSSR count). The highest BCUT2D eigenvalue weighted by molar-refractivity contribution is 6.30. The van der Waals surface area contributed by atoms with Crippen LogP contribution in [0.1, 0.15) is 18.1 Å². The summed E-state index contributed by atoms with van der Waals surface area (Å²) in [6.07, 6.45) is 2.85. The first-order valence-electron chi connectivity index (χ1n) is 9.08. The number of nitrogens with one attached hydrogen (secondary N) is 2. The average molecular weight is 388 g/mol. The van der Waals surface area contributed by atoms with Crippen molar-refractivity contribution in [1.82, 2.24) is 25.4 Å². The summed E-state index contributed by atoms with van der Waals surface area (Å²) in [6.45, 7) is 8.69. The molecule has 8 heteroatoms. The standard InChI is InChI=1S/C19H26ClN7/c1-4-9-21-19(22-12-18-25-24-14(2)26(18)3)23-16-8-10-27(13-16)17-7-5-6-15(20)11-17/h4-7,11,16H,1,8-10,12-13H2,2-3H3,(H2,21,22,23). The molecule has 2 N–H and O–H groups in total. The molecule has 1 aliphatic heterocycles. The van der Waals surface area contributed by atoms with E-state index in [0.29, 0.717) is 19.1 Å².